The largest absolute Gasteiger partial charge is 0.445 e. The third-order valence-corrected chi connectivity index (χ3v) is 2.79. The second-order valence-electron chi connectivity index (χ2n) is 3.56. The van der Waals surface area contributed by atoms with Gasteiger partial charge in [0.2, 0.25) is 0 Å². The van der Waals surface area contributed by atoms with E-state index in [1.165, 1.54) is 0 Å². The fourth-order valence-corrected chi connectivity index (χ4v) is 1.98. The first-order valence-electron chi connectivity index (χ1n) is 5.13. The quantitative estimate of drug-likeness (QED) is 0.941. The zero-order valence-corrected chi connectivity index (χ0v) is 10.6. The Kier molecular flexibility index (Phi) is 3.41. The van der Waals surface area contributed by atoms with Crippen LogP contribution in [0.3, 0.4) is 0 Å². The standard InChI is InChI=1S/C12H13BrN2O/c1-8-12(15-11(16-8)5-6-14)9-3-2-4-10(13)7-9/h2-4,7H,5-6,14H2,1H3. The van der Waals surface area contributed by atoms with E-state index < -0.39 is 0 Å². The molecule has 0 aliphatic heterocycles. The van der Waals surface area contributed by atoms with Crippen molar-refractivity contribution in [2.45, 2.75) is 13.3 Å². The second-order valence-corrected chi connectivity index (χ2v) is 4.48. The summed E-state index contributed by atoms with van der Waals surface area (Å²) in [5.41, 5.74) is 7.42. The van der Waals surface area contributed by atoms with Gasteiger partial charge in [-0.25, -0.2) is 4.98 Å². The van der Waals surface area contributed by atoms with Gasteiger partial charge in [-0.05, 0) is 19.1 Å². The van der Waals surface area contributed by atoms with Crippen LogP contribution in [0.1, 0.15) is 11.7 Å². The molecule has 4 heteroatoms. The number of benzene rings is 1. The molecule has 0 aliphatic rings. The molecular weight excluding hydrogens is 268 g/mol. The van der Waals surface area contributed by atoms with Gasteiger partial charge in [-0.3, -0.25) is 0 Å². The lowest BCUT2D eigenvalue weighted by Crippen LogP contribution is -2.02. The Bertz CT molecular complexity index is 494. The summed E-state index contributed by atoms with van der Waals surface area (Å²) in [5, 5.41) is 0. The SMILES string of the molecule is Cc1oc(CCN)nc1-c1cccc(Br)c1. The van der Waals surface area contributed by atoms with Crippen LogP contribution in [-0.4, -0.2) is 11.5 Å². The van der Waals surface area contributed by atoms with Crippen molar-refractivity contribution in [1.29, 1.82) is 0 Å². The third kappa shape index (κ3) is 2.33. The lowest BCUT2D eigenvalue weighted by molar-refractivity contribution is 0.473. The molecule has 2 aromatic rings. The van der Waals surface area contributed by atoms with Gasteiger partial charge in [-0.2, -0.15) is 0 Å². The Hall–Kier alpha value is -1.13. The van der Waals surface area contributed by atoms with Crippen LogP contribution in [0.2, 0.25) is 0 Å². The Morgan fingerprint density at radius 3 is 2.94 bits per heavy atom. The maximum Gasteiger partial charge on any atom is 0.196 e. The highest BCUT2D eigenvalue weighted by Gasteiger charge is 2.10. The average molecular weight is 281 g/mol. The van der Waals surface area contributed by atoms with Crippen LogP contribution in [0.15, 0.2) is 33.2 Å². The van der Waals surface area contributed by atoms with Crippen molar-refractivity contribution in [3.8, 4) is 11.3 Å². The van der Waals surface area contributed by atoms with E-state index in [0.29, 0.717) is 18.9 Å². The first kappa shape index (κ1) is 11.4. The highest BCUT2D eigenvalue weighted by Crippen LogP contribution is 2.25. The number of aryl methyl sites for hydroxylation is 1. The minimum absolute atomic E-state index is 0.553. The Balaban J connectivity index is 2.40. The molecule has 2 N–H and O–H groups in total. The van der Waals surface area contributed by atoms with E-state index in [2.05, 4.69) is 20.9 Å². The molecule has 0 fully saturated rings. The average Bonchev–Trinajstić information content (AvgIpc) is 2.60. The molecule has 0 atom stereocenters. The second kappa shape index (κ2) is 4.80. The van der Waals surface area contributed by atoms with Gasteiger partial charge in [0.25, 0.3) is 0 Å². The van der Waals surface area contributed by atoms with Gasteiger partial charge in [0.1, 0.15) is 11.5 Å². The topological polar surface area (TPSA) is 52.0 Å². The van der Waals surface area contributed by atoms with Crippen LogP contribution in [0.4, 0.5) is 0 Å². The van der Waals surface area contributed by atoms with E-state index in [9.17, 15) is 0 Å². The summed E-state index contributed by atoms with van der Waals surface area (Å²) in [6.45, 7) is 2.47. The van der Waals surface area contributed by atoms with E-state index in [1.807, 2.05) is 31.2 Å². The monoisotopic (exact) mass is 280 g/mol. The number of hydrogen-bond acceptors (Lipinski definition) is 3. The van der Waals surface area contributed by atoms with Crippen LogP contribution in [0.25, 0.3) is 11.3 Å². The molecule has 2 rings (SSSR count). The normalized spacial score (nSPS) is 10.7. The minimum atomic E-state index is 0.553. The van der Waals surface area contributed by atoms with E-state index >= 15 is 0 Å². The molecule has 16 heavy (non-hydrogen) atoms. The molecule has 1 heterocycles. The first-order chi connectivity index (χ1) is 7.70. The molecule has 1 aromatic heterocycles. The van der Waals surface area contributed by atoms with Crippen LogP contribution in [-0.2, 0) is 6.42 Å². The van der Waals surface area contributed by atoms with Crippen LogP contribution < -0.4 is 5.73 Å². The van der Waals surface area contributed by atoms with Gasteiger partial charge >= 0.3 is 0 Å². The van der Waals surface area contributed by atoms with E-state index in [-0.39, 0.29) is 0 Å². The van der Waals surface area contributed by atoms with Gasteiger partial charge in [0.05, 0.1) is 0 Å². The zero-order valence-electron chi connectivity index (χ0n) is 9.03. The van der Waals surface area contributed by atoms with Crippen molar-refractivity contribution in [2.75, 3.05) is 6.54 Å². The lowest BCUT2D eigenvalue weighted by Gasteiger charge is -1.97. The van der Waals surface area contributed by atoms with Crippen molar-refractivity contribution in [1.82, 2.24) is 4.98 Å². The number of nitrogens with two attached hydrogens (primary N) is 1. The van der Waals surface area contributed by atoms with E-state index in [0.717, 1.165) is 21.5 Å². The molecule has 84 valence electrons. The number of halogens is 1. The smallest absolute Gasteiger partial charge is 0.196 e. The summed E-state index contributed by atoms with van der Waals surface area (Å²) in [5.74, 6) is 1.54. The number of rotatable bonds is 3. The van der Waals surface area contributed by atoms with Gasteiger partial charge < -0.3 is 10.2 Å². The molecule has 0 amide bonds. The molecule has 0 bridgehead atoms. The summed E-state index contributed by atoms with van der Waals surface area (Å²) in [7, 11) is 0. The predicted octanol–water partition coefficient (Wildman–Crippen LogP) is 2.91. The third-order valence-electron chi connectivity index (χ3n) is 2.30. The molecule has 0 radical (unpaired) electrons. The maximum absolute atomic E-state index is 5.54. The molecule has 0 saturated carbocycles. The Morgan fingerprint density at radius 1 is 1.44 bits per heavy atom. The number of oxazole rings is 1. The summed E-state index contributed by atoms with van der Waals surface area (Å²) >= 11 is 3.44. The molecule has 0 spiro atoms. The van der Waals surface area contributed by atoms with Gasteiger partial charge in [0.15, 0.2) is 5.89 Å². The van der Waals surface area contributed by atoms with Crippen molar-refractivity contribution in [3.63, 3.8) is 0 Å². The van der Waals surface area contributed by atoms with E-state index in [1.54, 1.807) is 0 Å². The molecular formula is C12H13BrN2O. The molecule has 0 aliphatic carbocycles. The van der Waals surface area contributed by atoms with E-state index in [4.69, 9.17) is 10.2 Å². The summed E-state index contributed by atoms with van der Waals surface area (Å²) < 4.78 is 6.58. The molecule has 3 nitrogen and oxygen atoms in total. The molecule has 1 aromatic carbocycles. The van der Waals surface area contributed by atoms with Crippen molar-refractivity contribution >= 4 is 15.9 Å². The summed E-state index contributed by atoms with van der Waals surface area (Å²) in [6.07, 6.45) is 0.675. The maximum atomic E-state index is 5.54. The summed E-state index contributed by atoms with van der Waals surface area (Å²) in [4.78, 5) is 4.44. The predicted molar refractivity (Wildman–Crippen MR) is 67.1 cm³/mol. The van der Waals surface area contributed by atoms with Crippen molar-refractivity contribution < 1.29 is 4.42 Å². The highest BCUT2D eigenvalue weighted by atomic mass is 79.9. The number of aromatic nitrogens is 1. The van der Waals surface area contributed by atoms with Gasteiger partial charge in [-0.1, -0.05) is 28.1 Å². The van der Waals surface area contributed by atoms with Crippen molar-refractivity contribution in [2.24, 2.45) is 5.73 Å². The van der Waals surface area contributed by atoms with Crippen molar-refractivity contribution in [3.05, 3.63) is 40.4 Å². The van der Waals surface area contributed by atoms with Crippen LogP contribution in [0.5, 0.6) is 0 Å². The van der Waals surface area contributed by atoms with Crippen LogP contribution in [0, 0.1) is 6.92 Å². The lowest BCUT2D eigenvalue weighted by atomic mass is 10.1. The summed E-state index contributed by atoms with van der Waals surface area (Å²) in [6, 6.07) is 8.01. The number of hydrogen-bond donors (Lipinski definition) is 1. The minimum Gasteiger partial charge on any atom is -0.445 e. The first-order valence-corrected chi connectivity index (χ1v) is 5.92. The molecule has 0 saturated heterocycles. The zero-order chi connectivity index (χ0) is 11.5. The molecule has 0 unspecified atom stereocenters. The highest BCUT2D eigenvalue weighted by molar-refractivity contribution is 9.10. The fourth-order valence-electron chi connectivity index (χ4n) is 1.59. The Morgan fingerprint density at radius 2 is 2.25 bits per heavy atom. The number of nitrogens with zero attached hydrogens (tertiary/aromatic N) is 1. The van der Waals surface area contributed by atoms with Gasteiger partial charge in [0, 0.05) is 23.0 Å². The van der Waals surface area contributed by atoms with Gasteiger partial charge in [-0.15, -0.1) is 0 Å². The fraction of sp³-hybridized carbons (Fsp3) is 0.250. The van der Waals surface area contributed by atoms with Crippen LogP contribution >= 0.6 is 15.9 Å². The Labute approximate surface area is 103 Å².